The Morgan fingerprint density at radius 2 is 1.68 bits per heavy atom. The maximum atomic E-state index is 13.0. The summed E-state index contributed by atoms with van der Waals surface area (Å²) < 4.78 is 0.992. The first-order valence-electron chi connectivity index (χ1n) is 8.74. The first kappa shape index (κ1) is 16.5. The number of rotatable bonds is 5. The van der Waals surface area contributed by atoms with Crippen LogP contribution in [-0.2, 0) is 21.5 Å². The highest BCUT2D eigenvalue weighted by atomic mass is 79.9. The second kappa shape index (κ2) is 6.10. The molecule has 2 unspecified atom stereocenters. The summed E-state index contributed by atoms with van der Waals surface area (Å²) >= 11 is 3.52. The maximum Gasteiger partial charge on any atom is 0.234 e. The number of hydrogen-bond donors (Lipinski definition) is 0. The quantitative estimate of drug-likeness (QED) is 0.705. The summed E-state index contributed by atoms with van der Waals surface area (Å²) in [4.78, 5) is 27.5. The molecule has 0 bridgehead atoms. The third-order valence-electron chi connectivity index (χ3n) is 5.61. The van der Waals surface area contributed by atoms with Gasteiger partial charge >= 0.3 is 0 Å². The molecule has 1 heterocycles. The number of nitrogens with zero attached hydrogens (tertiary/aromatic N) is 1. The molecule has 2 atom stereocenters. The standard InChI is InChI=1S/C21H20BrNO2/c1-2-11-21(15-9-6-10-16(22)12-15)17-18(21)20(25)23(19(17)24)13-14-7-4-3-5-8-14/h3-10,12,17-18H,2,11,13H2,1H3. The smallest absolute Gasteiger partial charge is 0.234 e. The number of halogens is 1. The number of amides is 2. The summed E-state index contributed by atoms with van der Waals surface area (Å²) in [5.74, 6) is -0.407. The van der Waals surface area contributed by atoms with Crippen LogP contribution in [0.15, 0.2) is 59.1 Å². The van der Waals surface area contributed by atoms with Crippen LogP contribution in [0.5, 0.6) is 0 Å². The Bertz CT molecular complexity index is 811. The van der Waals surface area contributed by atoms with Gasteiger partial charge in [-0.25, -0.2) is 0 Å². The van der Waals surface area contributed by atoms with Crippen LogP contribution in [0.4, 0.5) is 0 Å². The van der Waals surface area contributed by atoms with Crippen LogP contribution in [0.25, 0.3) is 0 Å². The lowest BCUT2D eigenvalue weighted by molar-refractivity contribution is -0.143. The van der Waals surface area contributed by atoms with Gasteiger partial charge in [0.25, 0.3) is 0 Å². The summed E-state index contributed by atoms with van der Waals surface area (Å²) in [5, 5.41) is 0. The van der Waals surface area contributed by atoms with Crippen LogP contribution in [0.2, 0.25) is 0 Å². The molecule has 128 valence electrons. The molecule has 2 fully saturated rings. The van der Waals surface area contributed by atoms with Crippen LogP contribution in [0, 0.1) is 11.8 Å². The summed E-state index contributed by atoms with van der Waals surface area (Å²) in [6.07, 6.45) is 1.83. The Hall–Kier alpha value is -1.94. The van der Waals surface area contributed by atoms with Gasteiger partial charge in [0.15, 0.2) is 0 Å². The fourth-order valence-electron chi connectivity index (χ4n) is 4.54. The third kappa shape index (κ3) is 2.46. The van der Waals surface area contributed by atoms with Crippen molar-refractivity contribution in [3.05, 3.63) is 70.2 Å². The van der Waals surface area contributed by atoms with Gasteiger partial charge < -0.3 is 0 Å². The largest absolute Gasteiger partial charge is 0.278 e. The van der Waals surface area contributed by atoms with E-state index in [1.165, 1.54) is 4.90 Å². The summed E-state index contributed by atoms with van der Waals surface area (Å²) in [6, 6.07) is 17.8. The van der Waals surface area contributed by atoms with Gasteiger partial charge in [-0.1, -0.05) is 71.7 Å². The predicted molar refractivity (Wildman–Crippen MR) is 99.7 cm³/mol. The van der Waals surface area contributed by atoms with Crippen molar-refractivity contribution in [1.82, 2.24) is 4.90 Å². The predicted octanol–water partition coefficient (Wildman–Crippen LogP) is 4.30. The molecule has 0 N–H and O–H groups in total. The number of likely N-dealkylation sites (tertiary alicyclic amines) is 1. The third-order valence-corrected chi connectivity index (χ3v) is 6.10. The first-order chi connectivity index (χ1) is 12.1. The average Bonchev–Trinajstić information content (AvgIpc) is 3.22. The van der Waals surface area contributed by atoms with Gasteiger partial charge in [-0.15, -0.1) is 0 Å². The fraction of sp³-hybridized carbons (Fsp3) is 0.333. The van der Waals surface area contributed by atoms with E-state index in [9.17, 15) is 9.59 Å². The lowest BCUT2D eigenvalue weighted by Crippen LogP contribution is -2.38. The molecule has 3 nitrogen and oxygen atoms in total. The number of carbonyl (C=O) groups is 2. The minimum atomic E-state index is -0.306. The highest BCUT2D eigenvalue weighted by Gasteiger charge is 2.76. The van der Waals surface area contributed by atoms with Crippen LogP contribution < -0.4 is 0 Å². The molecule has 2 amide bonds. The van der Waals surface area contributed by atoms with E-state index in [0.717, 1.165) is 28.4 Å². The van der Waals surface area contributed by atoms with E-state index in [-0.39, 0.29) is 29.1 Å². The van der Waals surface area contributed by atoms with Gasteiger partial charge in [0.05, 0.1) is 18.4 Å². The molecule has 0 radical (unpaired) electrons. The van der Waals surface area contributed by atoms with Gasteiger partial charge in [-0.3, -0.25) is 14.5 Å². The Kier molecular flexibility index (Phi) is 4.03. The fourth-order valence-corrected chi connectivity index (χ4v) is 4.94. The van der Waals surface area contributed by atoms with Crippen molar-refractivity contribution >= 4 is 27.7 Å². The van der Waals surface area contributed by atoms with Crippen LogP contribution >= 0.6 is 15.9 Å². The molecule has 4 rings (SSSR count). The normalized spacial score (nSPS) is 27.5. The minimum absolute atomic E-state index is 0.00715. The van der Waals surface area contributed by atoms with Gasteiger partial charge in [0.1, 0.15) is 0 Å². The lowest BCUT2D eigenvalue weighted by Gasteiger charge is -2.26. The molecule has 1 saturated heterocycles. The lowest BCUT2D eigenvalue weighted by atomic mass is 9.85. The molecule has 2 aromatic carbocycles. The number of fused-ring (bicyclic) bond motifs is 1. The molecular weight excluding hydrogens is 378 g/mol. The summed E-state index contributed by atoms with van der Waals surface area (Å²) in [7, 11) is 0. The Morgan fingerprint density at radius 3 is 2.28 bits per heavy atom. The van der Waals surface area contributed by atoms with Crippen molar-refractivity contribution in [1.29, 1.82) is 0 Å². The first-order valence-corrected chi connectivity index (χ1v) is 9.54. The average molecular weight is 398 g/mol. The van der Waals surface area contributed by atoms with Crippen molar-refractivity contribution in [3.8, 4) is 0 Å². The number of carbonyl (C=O) groups excluding carboxylic acids is 2. The van der Waals surface area contributed by atoms with Crippen molar-refractivity contribution < 1.29 is 9.59 Å². The van der Waals surface area contributed by atoms with Crippen molar-refractivity contribution in [2.75, 3.05) is 0 Å². The highest BCUT2D eigenvalue weighted by Crippen LogP contribution is 2.67. The van der Waals surface area contributed by atoms with Crippen molar-refractivity contribution in [2.24, 2.45) is 11.8 Å². The molecule has 0 aromatic heterocycles. The van der Waals surface area contributed by atoms with E-state index in [1.807, 2.05) is 42.5 Å². The number of hydrogen-bond acceptors (Lipinski definition) is 2. The molecule has 2 aromatic rings. The Labute approximate surface area is 156 Å². The molecule has 25 heavy (non-hydrogen) atoms. The van der Waals surface area contributed by atoms with Gasteiger partial charge in [0, 0.05) is 9.89 Å². The van der Waals surface area contributed by atoms with Crippen LogP contribution in [0.3, 0.4) is 0 Å². The molecular formula is C21H20BrNO2. The maximum absolute atomic E-state index is 13.0. The van der Waals surface area contributed by atoms with E-state index in [4.69, 9.17) is 0 Å². The minimum Gasteiger partial charge on any atom is -0.278 e. The van der Waals surface area contributed by atoms with Crippen LogP contribution in [0.1, 0.15) is 30.9 Å². The Balaban J connectivity index is 1.64. The number of imide groups is 1. The SMILES string of the molecule is CCCC1(c2cccc(Br)c2)C2C(=O)N(Cc3ccccc3)C(=O)C21. The zero-order valence-electron chi connectivity index (χ0n) is 14.1. The molecule has 1 aliphatic carbocycles. The summed E-state index contributed by atoms with van der Waals surface area (Å²) in [6.45, 7) is 2.50. The molecule has 0 spiro atoms. The van der Waals surface area contributed by atoms with Gasteiger partial charge in [-0.05, 0) is 29.7 Å². The van der Waals surface area contributed by atoms with E-state index in [2.05, 4.69) is 35.0 Å². The zero-order chi connectivity index (χ0) is 17.6. The van der Waals surface area contributed by atoms with E-state index < -0.39 is 0 Å². The van der Waals surface area contributed by atoms with E-state index in [1.54, 1.807) is 0 Å². The van der Waals surface area contributed by atoms with Gasteiger partial charge in [-0.2, -0.15) is 0 Å². The van der Waals surface area contributed by atoms with Crippen LogP contribution in [-0.4, -0.2) is 16.7 Å². The van der Waals surface area contributed by atoms with Gasteiger partial charge in [0.2, 0.25) is 11.8 Å². The van der Waals surface area contributed by atoms with E-state index in [0.29, 0.717) is 6.54 Å². The van der Waals surface area contributed by atoms with Crippen molar-refractivity contribution in [2.45, 2.75) is 31.7 Å². The monoisotopic (exact) mass is 397 g/mol. The molecule has 4 heteroatoms. The number of benzene rings is 2. The molecule has 2 aliphatic rings. The zero-order valence-corrected chi connectivity index (χ0v) is 15.7. The second-order valence-corrected chi connectivity index (χ2v) is 7.92. The topological polar surface area (TPSA) is 37.4 Å². The molecule has 1 saturated carbocycles. The Morgan fingerprint density at radius 1 is 1.00 bits per heavy atom. The number of piperidine rings is 1. The molecule has 1 aliphatic heterocycles. The summed E-state index contributed by atoms with van der Waals surface area (Å²) in [5.41, 5.74) is 1.80. The second-order valence-electron chi connectivity index (χ2n) is 7.00. The highest BCUT2D eigenvalue weighted by molar-refractivity contribution is 9.10. The van der Waals surface area contributed by atoms with E-state index >= 15 is 0 Å². The van der Waals surface area contributed by atoms with Crippen molar-refractivity contribution in [3.63, 3.8) is 0 Å².